The Morgan fingerprint density at radius 1 is 1.16 bits per heavy atom. The molecule has 0 fully saturated rings. The fourth-order valence-corrected chi connectivity index (χ4v) is 1.48. The van der Waals surface area contributed by atoms with Crippen LogP contribution in [0.3, 0.4) is 0 Å². The van der Waals surface area contributed by atoms with Crippen molar-refractivity contribution in [3.05, 3.63) is 29.8 Å². The standard InChI is InChI=1S/C14H21N3O2/c1-4-15-10-13(18)16-12-7-5-11(6-8-12)9-14(19)17(2)3/h5-8,15H,4,9-10H2,1-3H3,(H,16,18). The molecule has 1 aromatic carbocycles. The lowest BCUT2D eigenvalue weighted by Crippen LogP contribution is -2.27. The second kappa shape index (κ2) is 7.53. The highest BCUT2D eigenvalue weighted by molar-refractivity contribution is 5.92. The van der Waals surface area contributed by atoms with Crippen molar-refractivity contribution in [3.63, 3.8) is 0 Å². The topological polar surface area (TPSA) is 61.4 Å². The Hall–Kier alpha value is -1.88. The van der Waals surface area contributed by atoms with Crippen LogP contribution < -0.4 is 10.6 Å². The molecule has 0 unspecified atom stereocenters. The van der Waals surface area contributed by atoms with Gasteiger partial charge in [0.05, 0.1) is 13.0 Å². The molecule has 0 aromatic heterocycles. The number of hydrogen-bond donors (Lipinski definition) is 2. The van der Waals surface area contributed by atoms with Gasteiger partial charge >= 0.3 is 0 Å². The summed E-state index contributed by atoms with van der Waals surface area (Å²) in [5.41, 5.74) is 1.67. The fourth-order valence-electron chi connectivity index (χ4n) is 1.48. The van der Waals surface area contributed by atoms with Crippen molar-refractivity contribution in [3.8, 4) is 0 Å². The number of likely N-dealkylation sites (N-methyl/N-ethyl adjacent to an activating group) is 2. The molecule has 0 aliphatic rings. The normalized spacial score (nSPS) is 10.1. The second-order valence-corrected chi connectivity index (χ2v) is 4.49. The summed E-state index contributed by atoms with van der Waals surface area (Å²) in [7, 11) is 3.47. The van der Waals surface area contributed by atoms with E-state index in [0.29, 0.717) is 13.0 Å². The van der Waals surface area contributed by atoms with E-state index >= 15 is 0 Å². The Bertz CT molecular complexity index is 427. The molecule has 0 aliphatic heterocycles. The van der Waals surface area contributed by atoms with Crippen LogP contribution in [0, 0.1) is 0 Å². The zero-order valence-electron chi connectivity index (χ0n) is 11.7. The first-order valence-electron chi connectivity index (χ1n) is 6.32. The van der Waals surface area contributed by atoms with Crippen LogP contribution in [-0.2, 0) is 16.0 Å². The Morgan fingerprint density at radius 3 is 2.32 bits per heavy atom. The van der Waals surface area contributed by atoms with Crippen molar-refractivity contribution in [2.75, 3.05) is 32.5 Å². The molecule has 1 rings (SSSR count). The number of nitrogens with one attached hydrogen (secondary N) is 2. The van der Waals surface area contributed by atoms with Gasteiger partial charge in [-0.3, -0.25) is 9.59 Å². The molecule has 2 amide bonds. The van der Waals surface area contributed by atoms with Gasteiger partial charge in [-0.05, 0) is 24.2 Å². The summed E-state index contributed by atoms with van der Waals surface area (Å²) in [5.74, 6) is -0.0112. The molecule has 0 bridgehead atoms. The summed E-state index contributed by atoms with van der Waals surface area (Å²) in [5, 5.41) is 5.74. The van der Waals surface area contributed by atoms with E-state index in [0.717, 1.165) is 17.8 Å². The number of anilines is 1. The summed E-state index contributed by atoms with van der Waals surface area (Å²) in [6, 6.07) is 7.32. The lowest BCUT2D eigenvalue weighted by Gasteiger charge is -2.10. The first kappa shape index (κ1) is 15.2. The van der Waals surface area contributed by atoms with E-state index in [1.54, 1.807) is 19.0 Å². The van der Waals surface area contributed by atoms with Crippen LogP contribution in [0.5, 0.6) is 0 Å². The molecule has 1 aromatic rings. The molecule has 0 spiro atoms. The number of carbonyl (C=O) groups is 2. The first-order chi connectivity index (χ1) is 9.02. The second-order valence-electron chi connectivity index (χ2n) is 4.49. The monoisotopic (exact) mass is 263 g/mol. The van der Waals surface area contributed by atoms with Crippen molar-refractivity contribution in [1.29, 1.82) is 0 Å². The van der Waals surface area contributed by atoms with Gasteiger partial charge in [0.2, 0.25) is 11.8 Å². The summed E-state index contributed by atoms with van der Waals surface area (Å²) >= 11 is 0. The average molecular weight is 263 g/mol. The van der Waals surface area contributed by atoms with Gasteiger partial charge in [0.1, 0.15) is 0 Å². The van der Waals surface area contributed by atoms with Gasteiger partial charge in [-0.2, -0.15) is 0 Å². The minimum atomic E-state index is -0.0704. The Labute approximate surface area is 114 Å². The van der Waals surface area contributed by atoms with Gasteiger partial charge in [0, 0.05) is 19.8 Å². The predicted molar refractivity (Wildman–Crippen MR) is 76.0 cm³/mol. The van der Waals surface area contributed by atoms with E-state index in [1.165, 1.54) is 0 Å². The van der Waals surface area contributed by atoms with E-state index in [4.69, 9.17) is 0 Å². The molecule has 0 saturated heterocycles. The number of amides is 2. The van der Waals surface area contributed by atoms with Gasteiger partial charge in [-0.1, -0.05) is 19.1 Å². The number of hydrogen-bond acceptors (Lipinski definition) is 3. The van der Waals surface area contributed by atoms with E-state index in [9.17, 15) is 9.59 Å². The van der Waals surface area contributed by atoms with Crippen LogP contribution in [0.25, 0.3) is 0 Å². The largest absolute Gasteiger partial charge is 0.349 e. The molecule has 0 radical (unpaired) electrons. The maximum atomic E-state index is 11.5. The minimum Gasteiger partial charge on any atom is -0.349 e. The molecule has 2 N–H and O–H groups in total. The zero-order chi connectivity index (χ0) is 14.3. The predicted octanol–water partition coefficient (Wildman–Crippen LogP) is 0.865. The number of carbonyl (C=O) groups excluding carboxylic acids is 2. The molecule has 0 heterocycles. The molecule has 5 heteroatoms. The Morgan fingerprint density at radius 2 is 1.79 bits per heavy atom. The summed E-state index contributed by atoms with van der Waals surface area (Å²) in [6.45, 7) is 3.01. The van der Waals surface area contributed by atoms with E-state index in [-0.39, 0.29) is 11.8 Å². The van der Waals surface area contributed by atoms with Crippen LogP contribution in [0.4, 0.5) is 5.69 Å². The van der Waals surface area contributed by atoms with Gasteiger partial charge in [0.25, 0.3) is 0 Å². The van der Waals surface area contributed by atoms with Crippen molar-refractivity contribution in [2.45, 2.75) is 13.3 Å². The van der Waals surface area contributed by atoms with Crippen LogP contribution >= 0.6 is 0 Å². The van der Waals surface area contributed by atoms with Crippen molar-refractivity contribution >= 4 is 17.5 Å². The SMILES string of the molecule is CCNCC(=O)Nc1ccc(CC(=O)N(C)C)cc1. The molecule has 104 valence electrons. The molecule has 0 saturated carbocycles. The molecule has 0 aliphatic carbocycles. The maximum Gasteiger partial charge on any atom is 0.238 e. The highest BCUT2D eigenvalue weighted by Gasteiger charge is 2.06. The first-order valence-corrected chi connectivity index (χ1v) is 6.32. The molecular weight excluding hydrogens is 242 g/mol. The average Bonchev–Trinajstić information content (AvgIpc) is 2.38. The molecule has 19 heavy (non-hydrogen) atoms. The molecule has 5 nitrogen and oxygen atoms in total. The van der Waals surface area contributed by atoms with Crippen LogP contribution in [0.1, 0.15) is 12.5 Å². The highest BCUT2D eigenvalue weighted by Crippen LogP contribution is 2.10. The lowest BCUT2D eigenvalue weighted by atomic mass is 10.1. The van der Waals surface area contributed by atoms with Gasteiger partial charge < -0.3 is 15.5 Å². The third kappa shape index (κ3) is 5.52. The zero-order valence-corrected chi connectivity index (χ0v) is 11.7. The van der Waals surface area contributed by atoms with Gasteiger partial charge in [-0.25, -0.2) is 0 Å². The Kier molecular flexibility index (Phi) is 6.02. The van der Waals surface area contributed by atoms with E-state index < -0.39 is 0 Å². The van der Waals surface area contributed by atoms with E-state index in [1.807, 2.05) is 31.2 Å². The van der Waals surface area contributed by atoms with Crippen LogP contribution in [-0.4, -0.2) is 43.9 Å². The fraction of sp³-hybridized carbons (Fsp3) is 0.429. The summed E-state index contributed by atoms with van der Waals surface area (Å²) in [6.07, 6.45) is 0.374. The lowest BCUT2D eigenvalue weighted by molar-refractivity contribution is -0.128. The minimum absolute atomic E-state index is 0.0592. The third-order valence-electron chi connectivity index (χ3n) is 2.63. The van der Waals surface area contributed by atoms with Crippen molar-refractivity contribution in [2.24, 2.45) is 0 Å². The quantitative estimate of drug-likeness (QED) is 0.800. The molecule has 0 atom stereocenters. The van der Waals surface area contributed by atoms with Crippen LogP contribution in [0.15, 0.2) is 24.3 Å². The molecular formula is C14H21N3O2. The number of rotatable bonds is 6. The highest BCUT2D eigenvalue weighted by atomic mass is 16.2. The summed E-state index contributed by atoms with van der Waals surface area (Å²) < 4.78 is 0. The Balaban J connectivity index is 2.52. The number of benzene rings is 1. The third-order valence-corrected chi connectivity index (χ3v) is 2.63. The maximum absolute atomic E-state index is 11.5. The summed E-state index contributed by atoms with van der Waals surface area (Å²) in [4.78, 5) is 24.6. The van der Waals surface area contributed by atoms with Crippen molar-refractivity contribution < 1.29 is 9.59 Å². The number of nitrogens with zero attached hydrogens (tertiary/aromatic N) is 1. The smallest absolute Gasteiger partial charge is 0.238 e. The van der Waals surface area contributed by atoms with Gasteiger partial charge in [-0.15, -0.1) is 0 Å². The van der Waals surface area contributed by atoms with E-state index in [2.05, 4.69) is 10.6 Å². The van der Waals surface area contributed by atoms with Crippen molar-refractivity contribution in [1.82, 2.24) is 10.2 Å². The van der Waals surface area contributed by atoms with Crippen LogP contribution in [0.2, 0.25) is 0 Å². The van der Waals surface area contributed by atoms with Gasteiger partial charge in [0.15, 0.2) is 0 Å².